The Hall–Kier alpha value is -1.55. The molecule has 0 unspecified atom stereocenters. The molecule has 1 rings (SSSR count). The third-order valence-electron chi connectivity index (χ3n) is 1.88. The first-order valence-corrected chi connectivity index (χ1v) is 4.69. The van der Waals surface area contributed by atoms with Gasteiger partial charge in [0.2, 0.25) is 0 Å². The van der Waals surface area contributed by atoms with Gasteiger partial charge in [-0.1, -0.05) is 12.1 Å². The van der Waals surface area contributed by atoms with Crippen LogP contribution in [0.3, 0.4) is 0 Å². The van der Waals surface area contributed by atoms with Crippen LogP contribution in [0.15, 0.2) is 29.3 Å². The normalized spacial score (nSPS) is 11.5. The molecule has 78 valence electrons. The first-order chi connectivity index (χ1) is 7.13. The van der Waals surface area contributed by atoms with Crippen molar-refractivity contribution in [3.8, 4) is 0 Å². The summed E-state index contributed by atoms with van der Waals surface area (Å²) in [5.41, 5.74) is 6.94. The Bertz CT molecular complexity index is 396. The minimum Gasteiger partial charge on any atom is -0.480 e. The third-order valence-corrected chi connectivity index (χ3v) is 1.98. The van der Waals surface area contributed by atoms with Crippen LogP contribution in [-0.2, 0) is 11.2 Å². The molecule has 0 bridgehead atoms. The monoisotopic (exact) mass is 222 g/mol. The predicted molar refractivity (Wildman–Crippen MR) is 60.4 cm³/mol. The van der Waals surface area contributed by atoms with Gasteiger partial charge in [-0.25, -0.2) is 0 Å². The van der Waals surface area contributed by atoms with Crippen LogP contribution in [0.5, 0.6) is 0 Å². The smallest absolute Gasteiger partial charge is 0.320 e. The molecule has 4 nitrogen and oxygen atoms in total. The van der Waals surface area contributed by atoms with Gasteiger partial charge in [0.25, 0.3) is 0 Å². The molecular formula is C10H10N2O2S. The van der Waals surface area contributed by atoms with Crippen molar-refractivity contribution >= 4 is 29.0 Å². The van der Waals surface area contributed by atoms with Crippen molar-refractivity contribution in [3.63, 3.8) is 0 Å². The van der Waals surface area contributed by atoms with E-state index in [4.69, 9.17) is 10.8 Å². The highest BCUT2D eigenvalue weighted by atomic mass is 32.1. The molecule has 0 heterocycles. The van der Waals surface area contributed by atoms with Crippen LogP contribution in [0.1, 0.15) is 5.56 Å². The molecule has 0 radical (unpaired) electrons. The lowest BCUT2D eigenvalue weighted by Crippen LogP contribution is -2.32. The van der Waals surface area contributed by atoms with E-state index in [1.54, 1.807) is 24.3 Å². The van der Waals surface area contributed by atoms with Crippen molar-refractivity contribution in [2.75, 3.05) is 0 Å². The lowest BCUT2D eigenvalue weighted by molar-refractivity contribution is -0.138. The Labute approximate surface area is 92.4 Å². The number of nitrogens with zero attached hydrogens (tertiary/aromatic N) is 1. The van der Waals surface area contributed by atoms with Gasteiger partial charge in [-0.2, -0.15) is 4.99 Å². The molecule has 0 aliphatic heterocycles. The molecule has 0 saturated heterocycles. The Balaban J connectivity index is 2.72. The lowest BCUT2D eigenvalue weighted by atomic mass is 10.1. The zero-order valence-electron chi connectivity index (χ0n) is 7.88. The van der Waals surface area contributed by atoms with Gasteiger partial charge >= 0.3 is 5.97 Å². The molecule has 15 heavy (non-hydrogen) atoms. The summed E-state index contributed by atoms with van der Waals surface area (Å²) in [5.74, 6) is -1.00. The number of carboxylic acids is 1. The number of thiocarbonyl (C=S) groups is 1. The fraction of sp³-hybridized carbons (Fsp3) is 0.200. The Morgan fingerprint density at radius 3 is 2.60 bits per heavy atom. The third kappa shape index (κ3) is 3.59. The van der Waals surface area contributed by atoms with E-state index in [0.717, 1.165) is 5.56 Å². The van der Waals surface area contributed by atoms with Crippen molar-refractivity contribution in [3.05, 3.63) is 29.8 Å². The first-order valence-electron chi connectivity index (χ1n) is 4.28. The molecule has 0 spiro atoms. The van der Waals surface area contributed by atoms with Crippen LogP contribution in [0, 0.1) is 0 Å². The van der Waals surface area contributed by atoms with Crippen molar-refractivity contribution in [2.24, 2.45) is 10.7 Å². The topological polar surface area (TPSA) is 75.7 Å². The van der Waals surface area contributed by atoms with Crippen LogP contribution < -0.4 is 5.73 Å². The quantitative estimate of drug-likeness (QED) is 0.596. The van der Waals surface area contributed by atoms with Crippen molar-refractivity contribution < 1.29 is 9.90 Å². The van der Waals surface area contributed by atoms with E-state index in [-0.39, 0.29) is 0 Å². The second kappa shape index (κ2) is 5.36. The first kappa shape index (κ1) is 11.5. The van der Waals surface area contributed by atoms with Crippen molar-refractivity contribution in [1.29, 1.82) is 0 Å². The summed E-state index contributed by atoms with van der Waals surface area (Å²) in [4.78, 5) is 14.3. The average molecular weight is 222 g/mol. The second-order valence-electron chi connectivity index (χ2n) is 3.02. The van der Waals surface area contributed by atoms with Crippen LogP contribution in [0.2, 0.25) is 0 Å². The van der Waals surface area contributed by atoms with Gasteiger partial charge in [0.05, 0.1) is 10.8 Å². The number of isothiocyanates is 1. The fourth-order valence-corrected chi connectivity index (χ4v) is 1.21. The second-order valence-corrected chi connectivity index (χ2v) is 3.20. The fourth-order valence-electron chi connectivity index (χ4n) is 1.10. The van der Waals surface area contributed by atoms with E-state index in [2.05, 4.69) is 22.4 Å². The standard InChI is InChI=1S/C10H10N2O2S/c11-9(10(13)14)5-7-1-3-8(4-2-7)12-6-15/h1-4,9H,5,11H2,(H,13,14)/t9-/m0/s1. The highest BCUT2D eigenvalue weighted by molar-refractivity contribution is 7.78. The van der Waals surface area contributed by atoms with Crippen LogP contribution in [0.4, 0.5) is 5.69 Å². The van der Waals surface area contributed by atoms with Gasteiger partial charge < -0.3 is 10.8 Å². The van der Waals surface area contributed by atoms with Gasteiger partial charge in [0.1, 0.15) is 6.04 Å². The summed E-state index contributed by atoms with van der Waals surface area (Å²) in [6.45, 7) is 0. The van der Waals surface area contributed by atoms with Gasteiger partial charge in [-0.15, -0.1) is 0 Å². The Morgan fingerprint density at radius 1 is 1.53 bits per heavy atom. The Morgan fingerprint density at radius 2 is 2.13 bits per heavy atom. The molecule has 0 saturated carbocycles. The predicted octanol–water partition coefficient (Wildman–Crippen LogP) is 1.38. The molecule has 1 aromatic carbocycles. The number of nitrogens with two attached hydrogens (primary N) is 1. The molecular weight excluding hydrogens is 212 g/mol. The summed E-state index contributed by atoms with van der Waals surface area (Å²) in [7, 11) is 0. The lowest BCUT2D eigenvalue weighted by Gasteiger charge is -2.05. The molecule has 1 aromatic rings. The van der Waals surface area contributed by atoms with Crippen molar-refractivity contribution in [2.45, 2.75) is 12.5 Å². The molecule has 0 aromatic heterocycles. The van der Waals surface area contributed by atoms with E-state index in [9.17, 15) is 4.79 Å². The summed E-state index contributed by atoms with van der Waals surface area (Å²) < 4.78 is 0. The number of hydrogen-bond donors (Lipinski definition) is 2. The van der Waals surface area contributed by atoms with Gasteiger partial charge in [-0.05, 0) is 36.3 Å². The van der Waals surface area contributed by atoms with Crippen molar-refractivity contribution in [1.82, 2.24) is 0 Å². The zero-order valence-corrected chi connectivity index (χ0v) is 8.70. The molecule has 0 amide bonds. The molecule has 0 aliphatic rings. The van der Waals surface area contributed by atoms with E-state index < -0.39 is 12.0 Å². The highest BCUT2D eigenvalue weighted by Crippen LogP contribution is 2.13. The van der Waals surface area contributed by atoms with Crippen LogP contribution >= 0.6 is 12.2 Å². The molecule has 5 heteroatoms. The van der Waals surface area contributed by atoms with Crippen LogP contribution in [0.25, 0.3) is 0 Å². The summed E-state index contributed by atoms with van der Waals surface area (Å²) >= 11 is 4.46. The SMILES string of the molecule is N[C@@H](Cc1ccc(N=C=S)cc1)C(=O)O. The maximum Gasteiger partial charge on any atom is 0.320 e. The minimum absolute atomic E-state index is 0.302. The molecule has 0 aliphatic carbocycles. The van der Waals surface area contributed by atoms with Gasteiger partial charge in [0, 0.05) is 0 Å². The van der Waals surface area contributed by atoms with E-state index >= 15 is 0 Å². The minimum atomic E-state index is -1.00. The summed E-state index contributed by atoms with van der Waals surface area (Å²) in [6.07, 6.45) is 0.302. The number of aliphatic imine (C=N–C) groups is 1. The number of aliphatic carboxylic acids is 1. The molecule has 0 fully saturated rings. The summed E-state index contributed by atoms with van der Waals surface area (Å²) in [5, 5.41) is 10.9. The van der Waals surface area contributed by atoms with Gasteiger partial charge in [-0.3, -0.25) is 4.79 Å². The van der Waals surface area contributed by atoms with E-state index in [1.165, 1.54) is 0 Å². The maximum atomic E-state index is 10.5. The number of hydrogen-bond acceptors (Lipinski definition) is 4. The molecule has 1 atom stereocenters. The average Bonchev–Trinajstić information content (AvgIpc) is 2.21. The highest BCUT2D eigenvalue weighted by Gasteiger charge is 2.11. The number of carboxylic acid groups (broad SMARTS) is 1. The van der Waals surface area contributed by atoms with E-state index in [1.807, 2.05) is 0 Å². The van der Waals surface area contributed by atoms with Gasteiger partial charge in [0.15, 0.2) is 0 Å². The number of benzene rings is 1. The summed E-state index contributed by atoms with van der Waals surface area (Å²) in [6, 6.07) is 6.15. The molecule has 3 N–H and O–H groups in total. The Kier molecular flexibility index (Phi) is 4.12. The largest absolute Gasteiger partial charge is 0.480 e. The van der Waals surface area contributed by atoms with Crippen LogP contribution in [-0.4, -0.2) is 22.3 Å². The van der Waals surface area contributed by atoms with E-state index in [0.29, 0.717) is 12.1 Å². The maximum absolute atomic E-state index is 10.5. The zero-order chi connectivity index (χ0) is 11.3. The number of carbonyl (C=O) groups is 1. The number of rotatable bonds is 4.